The number of carbonyl (C=O) groups is 1. The van der Waals surface area contributed by atoms with E-state index in [1.54, 1.807) is 7.11 Å². The SMILES string of the molecule is CCn1c(-c2ccc(C(=O)Nc3ccc(OC)cc3)s2)nc2ccccc21. The lowest BCUT2D eigenvalue weighted by molar-refractivity contribution is 0.103. The van der Waals surface area contributed by atoms with Crippen molar-refractivity contribution in [1.29, 1.82) is 0 Å². The van der Waals surface area contributed by atoms with E-state index >= 15 is 0 Å². The predicted molar refractivity (Wildman–Crippen MR) is 110 cm³/mol. The van der Waals surface area contributed by atoms with Crippen LogP contribution >= 0.6 is 11.3 Å². The molecule has 27 heavy (non-hydrogen) atoms. The van der Waals surface area contributed by atoms with Gasteiger partial charge in [0.05, 0.1) is 27.9 Å². The second kappa shape index (κ2) is 7.25. The summed E-state index contributed by atoms with van der Waals surface area (Å²) in [5, 5.41) is 2.92. The Kier molecular flexibility index (Phi) is 4.64. The minimum Gasteiger partial charge on any atom is -0.497 e. The summed E-state index contributed by atoms with van der Waals surface area (Å²) in [4.78, 5) is 19.0. The van der Waals surface area contributed by atoms with Gasteiger partial charge in [-0.1, -0.05) is 12.1 Å². The van der Waals surface area contributed by atoms with Crippen LogP contribution in [0.2, 0.25) is 0 Å². The number of hydrogen-bond acceptors (Lipinski definition) is 4. The average Bonchev–Trinajstić information content (AvgIpc) is 3.33. The first-order valence-corrected chi connectivity index (χ1v) is 9.52. The highest BCUT2D eigenvalue weighted by Crippen LogP contribution is 2.31. The van der Waals surface area contributed by atoms with E-state index in [1.165, 1.54) is 11.3 Å². The number of thiophene rings is 1. The van der Waals surface area contributed by atoms with Gasteiger partial charge in [0.1, 0.15) is 5.75 Å². The molecule has 6 heteroatoms. The van der Waals surface area contributed by atoms with Crippen molar-refractivity contribution in [3.8, 4) is 16.5 Å². The highest BCUT2D eigenvalue weighted by atomic mass is 32.1. The zero-order valence-corrected chi connectivity index (χ0v) is 15.9. The molecule has 2 aromatic heterocycles. The third kappa shape index (κ3) is 3.31. The van der Waals surface area contributed by atoms with Crippen molar-refractivity contribution in [2.24, 2.45) is 0 Å². The van der Waals surface area contributed by atoms with Crippen molar-refractivity contribution in [2.45, 2.75) is 13.5 Å². The number of anilines is 1. The number of methoxy groups -OCH3 is 1. The standard InChI is InChI=1S/C21H19N3O2S/c1-3-24-17-7-5-4-6-16(17)23-20(24)18-12-13-19(27-18)21(25)22-14-8-10-15(26-2)11-9-14/h4-13H,3H2,1-2H3,(H,22,25). The van der Waals surface area contributed by atoms with Crippen LogP contribution in [0.1, 0.15) is 16.6 Å². The van der Waals surface area contributed by atoms with Gasteiger partial charge in [0.15, 0.2) is 5.82 Å². The van der Waals surface area contributed by atoms with E-state index in [4.69, 9.17) is 9.72 Å². The van der Waals surface area contributed by atoms with Gasteiger partial charge in [-0.2, -0.15) is 0 Å². The largest absolute Gasteiger partial charge is 0.497 e. The summed E-state index contributed by atoms with van der Waals surface area (Å²) >= 11 is 1.45. The van der Waals surface area contributed by atoms with Crippen LogP contribution in [0.25, 0.3) is 21.7 Å². The highest BCUT2D eigenvalue weighted by molar-refractivity contribution is 7.17. The molecule has 1 N–H and O–H groups in total. The summed E-state index contributed by atoms with van der Waals surface area (Å²) in [7, 11) is 1.62. The number of hydrogen-bond donors (Lipinski definition) is 1. The fraction of sp³-hybridized carbons (Fsp3) is 0.143. The van der Waals surface area contributed by atoms with E-state index in [0.29, 0.717) is 4.88 Å². The van der Waals surface area contributed by atoms with Gasteiger partial charge < -0.3 is 14.6 Å². The number of rotatable bonds is 5. The summed E-state index contributed by atoms with van der Waals surface area (Å²) in [6.45, 7) is 2.92. The third-order valence-electron chi connectivity index (χ3n) is 4.37. The van der Waals surface area contributed by atoms with Crippen molar-refractivity contribution in [3.05, 3.63) is 65.5 Å². The summed E-state index contributed by atoms with van der Waals surface area (Å²) in [5.74, 6) is 1.52. The fourth-order valence-corrected chi connectivity index (χ4v) is 3.93. The van der Waals surface area contributed by atoms with Crippen molar-refractivity contribution >= 4 is 34.0 Å². The number of nitrogens with zero attached hydrogens (tertiary/aromatic N) is 2. The predicted octanol–water partition coefficient (Wildman–Crippen LogP) is 5.05. The zero-order chi connectivity index (χ0) is 18.8. The van der Waals surface area contributed by atoms with E-state index < -0.39 is 0 Å². The number of carbonyl (C=O) groups excluding carboxylic acids is 1. The molecule has 0 radical (unpaired) electrons. The van der Waals surface area contributed by atoms with Gasteiger partial charge in [0.25, 0.3) is 5.91 Å². The number of para-hydroxylation sites is 2. The number of imidazole rings is 1. The van der Waals surface area contributed by atoms with Crippen LogP contribution in [0.4, 0.5) is 5.69 Å². The second-order valence-electron chi connectivity index (χ2n) is 6.01. The molecule has 0 unspecified atom stereocenters. The quantitative estimate of drug-likeness (QED) is 0.530. The lowest BCUT2D eigenvalue weighted by atomic mass is 10.3. The van der Waals surface area contributed by atoms with Crippen LogP contribution in [0, 0.1) is 0 Å². The first-order chi connectivity index (χ1) is 13.2. The maximum absolute atomic E-state index is 12.6. The normalized spacial score (nSPS) is 10.9. The molecule has 0 spiro atoms. The Morgan fingerprint density at radius 3 is 2.63 bits per heavy atom. The number of fused-ring (bicyclic) bond motifs is 1. The van der Waals surface area contributed by atoms with Crippen LogP contribution in [0.3, 0.4) is 0 Å². The number of aromatic nitrogens is 2. The minimum absolute atomic E-state index is 0.129. The monoisotopic (exact) mass is 377 g/mol. The molecule has 2 aromatic carbocycles. The van der Waals surface area contributed by atoms with Crippen molar-refractivity contribution in [1.82, 2.24) is 9.55 Å². The topological polar surface area (TPSA) is 56.2 Å². The van der Waals surface area contributed by atoms with Crippen molar-refractivity contribution in [3.63, 3.8) is 0 Å². The van der Waals surface area contributed by atoms with Gasteiger partial charge >= 0.3 is 0 Å². The maximum Gasteiger partial charge on any atom is 0.265 e. The molecule has 136 valence electrons. The molecule has 0 saturated carbocycles. The number of nitrogens with one attached hydrogen (secondary N) is 1. The van der Waals surface area contributed by atoms with Crippen LogP contribution in [0.15, 0.2) is 60.7 Å². The summed E-state index contributed by atoms with van der Waals surface area (Å²) < 4.78 is 7.31. The Labute approximate surface area is 161 Å². The lowest BCUT2D eigenvalue weighted by Crippen LogP contribution is -2.09. The molecule has 4 rings (SSSR count). The van der Waals surface area contributed by atoms with Gasteiger partial charge in [-0.05, 0) is 55.5 Å². The Morgan fingerprint density at radius 1 is 1.11 bits per heavy atom. The van der Waals surface area contributed by atoms with E-state index in [0.717, 1.165) is 39.7 Å². The molecule has 0 bridgehead atoms. The Morgan fingerprint density at radius 2 is 1.89 bits per heavy atom. The van der Waals surface area contributed by atoms with E-state index in [1.807, 2.05) is 54.6 Å². The van der Waals surface area contributed by atoms with Gasteiger partial charge in [-0.3, -0.25) is 4.79 Å². The van der Waals surface area contributed by atoms with Crippen molar-refractivity contribution < 1.29 is 9.53 Å². The smallest absolute Gasteiger partial charge is 0.265 e. The number of aryl methyl sites for hydroxylation is 1. The molecule has 0 atom stereocenters. The summed E-state index contributed by atoms with van der Waals surface area (Å²) in [6.07, 6.45) is 0. The van der Waals surface area contributed by atoms with Gasteiger partial charge in [-0.15, -0.1) is 11.3 Å². The van der Waals surface area contributed by atoms with Crippen LogP contribution < -0.4 is 10.1 Å². The molecule has 1 amide bonds. The molecule has 2 heterocycles. The summed E-state index contributed by atoms with van der Waals surface area (Å²) in [5.41, 5.74) is 2.80. The first-order valence-electron chi connectivity index (χ1n) is 8.70. The van der Waals surface area contributed by atoms with Crippen LogP contribution in [-0.4, -0.2) is 22.6 Å². The van der Waals surface area contributed by atoms with Crippen LogP contribution in [-0.2, 0) is 6.54 Å². The number of ether oxygens (including phenoxy) is 1. The third-order valence-corrected chi connectivity index (χ3v) is 5.45. The molecule has 0 aliphatic rings. The van der Waals surface area contributed by atoms with Crippen molar-refractivity contribution in [2.75, 3.05) is 12.4 Å². The van der Waals surface area contributed by atoms with Gasteiger partial charge in [-0.25, -0.2) is 4.98 Å². The number of amides is 1. The fourth-order valence-electron chi connectivity index (χ4n) is 3.03. The number of benzene rings is 2. The van der Waals surface area contributed by atoms with E-state index in [9.17, 15) is 4.79 Å². The Hall–Kier alpha value is -3.12. The first kappa shape index (κ1) is 17.3. The molecule has 0 fully saturated rings. The van der Waals surface area contributed by atoms with E-state index in [2.05, 4.69) is 22.9 Å². The van der Waals surface area contributed by atoms with Crippen LogP contribution in [0.5, 0.6) is 5.75 Å². The molecule has 0 aliphatic carbocycles. The molecular weight excluding hydrogens is 358 g/mol. The Bertz CT molecular complexity index is 1100. The summed E-state index contributed by atoms with van der Waals surface area (Å²) in [6, 6.07) is 19.2. The van der Waals surface area contributed by atoms with E-state index in [-0.39, 0.29) is 5.91 Å². The zero-order valence-electron chi connectivity index (χ0n) is 15.1. The Balaban J connectivity index is 1.60. The molecule has 0 aliphatic heterocycles. The minimum atomic E-state index is -0.129. The van der Waals surface area contributed by atoms with Gasteiger partial charge in [0.2, 0.25) is 0 Å². The molecular formula is C21H19N3O2S. The lowest BCUT2D eigenvalue weighted by Gasteiger charge is -2.05. The maximum atomic E-state index is 12.6. The molecule has 5 nitrogen and oxygen atoms in total. The second-order valence-corrected chi connectivity index (χ2v) is 7.10. The molecule has 0 saturated heterocycles. The highest BCUT2D eigenvalue weighted by Gasteiger charge is 2.16. The molecule has 4 aromatic rings. The van der Waals surface area contributed by atoms with Gasteiger partial charge in [0, 0.05) is 12.2 Å². The average molecular weight is 377 g/mol.